The average molecular weight is 145 g/mol. The first-order valence-corrected chi connectivity index (χ1v) is 2.20. The van der Waals surface area contributed by atoms with Crippen LogP contribution in [-0.2, 0) is 9.59 Å². The minimum Gasteiger partial charge on any atom is -0.550 e. The van der Waals surface area contributed by atoms with Crippen molar-refractivity contribution in [1.82, 2.24) is 0 Å². The second kappa shape index (κ2) is 8.19. The van der Waals surface area contributed by atoms with Gasteiger partial charge < -0.3 is 25.5 Å². The molecule has 1 atom stereocenters. The van der Waals surface area contributed by atoms with Crippen molar-refractivity contribution in [3.63, 3.8) is 0 Å². The molecule has 0 heterocycles. The van der Waals surface area contributed by atoms with Crippen LogP contribution in [0, 0.1) is 0 Å². The van der Waals surface area contributed by atoms with Crippen LogP contribution in [0.3, 0.4) is 0 Å². The van der Waals surface area contributed by atoms with Gasteiger partial charge in [0, 0.05) is 18.4 Å². The van der Waals surface area contributed by atoms with E-state index in [0.717, 1.165) is 0 Å². The van der Waals surface area contributed by atoms with Gasteiger partial charge in [0.15, 0.2) is 0 Å². The molecular weight excluding hydrogens is 140 g/mol. The third-order valence-corrected chi connectivity index (χ3v) is 0.689. The molecule has 0 aliphatic rings. The van der Waals surface area contributed by atoms with Crippen LogP contribution in [0.4, 0.5) is 0 Å². The molecule has 0 saturated heterocycles. The first kappa shape index (κ1) is 17.3. The fourth-order valence-corrected chi connectivity index (χ4v) is 0.263. The van der Waals surface area contributed by atoms with Gasteiger partial charge in [-0.3, -0.25) is 0 Å². The van der Waals surface area contributed by atoms with Gasteiger partial charge in [-0.05, 0) is 0 Å². The second-order valence-electron chi connectivity index (χ2n) is 1.50. The Morgan fingerprint density at radius 1 is 1.27 bits per heavy atom. The van der Waals surface area contributed by atoms with Crippen molar-refractivity contribution in [3.05, 3.63) is 0 Å². The van der Waals surface area contributed by atoms with E-state index in [0.29, 0.717) is 0 Å². The molecule has 0 amide bonds. The zero-order chi connectivity index (χ0) is 7.44. The number of rotatable bonds is 3. The molecule has 1 unspecified atom stereocenters. The summed E-state index contributed by atoms with van der Waals surface area (Å²) in [6, 6.07) is -1.46. The Kier molecular flexibility index (Phi) is 12.9. The normalized spacial score (nSPS) is 10.3. The Morgan fingerprint density at radius 3 is 1.73 bits per heavy atom. The molecule has 0 fully saturated rings. The van der Waals surface area contributed by atoms with Crippen molar-refractivity contribution in [3.8, 4) is 0 Å². The number of carbonyl (C=O) groups excluding carboxylic acids is 2. The molecule has 0 aliphatic heterocycles. The van der Waals surface area contributed by atoms with E-state index in [9.17, 15) is 19.8 Å². The van der Waals surface area contributed by atoms with Crippen LogP contribution in [0.2, 0.25) is 0 Å². The standard InChI is InChI=1S/C4H7NO4.2Li/c5-2(4(8)9)1-3(6)7;;/h2H,1,5H2,(H,6,7)(H,8,9);;/q;2*+1/p-2. The van der Waals surface area contributed by atoms with Crippen LogP contribution in [0.15, 0.2) is 0 Å². The maximum atomic E-state index is 9.71. The number of aliphatic carboxylic acids is 2. The van der Waals surface area contributed by atoms with Crippen molar-refractivity contribution in [2.75, 3.05) is 0 Å². The Bertz CT molecular complexity index is 140. The van der Waals surface area contributed by atoms with Gasteiger partial charge in [-0.15, -0.1) is 0 Å². The number of carbonyl (C=O) groups is 2. The average Bonchev–Trinajstić information content (AvgIpc) is 1.63. The third-order valence-electron chi connectivity index (χ3n) is 0.689. The molecule has 0 aromatic rings. The zero-order valence-electron chi connectivity index (χ0n) is 6.49. The Labute approximate surface area is 87.7 Å². The van der Waals surface area contributed by atoms with Gasteiger partial charge in [0.1, 0.15) is 0 Å². The van der Waals surface area contributed by atoms with Crippen LogP contribution >= 0.6 is 0 Å². The molecule has 0 bridgehead atoms. The van der Waals surface area contributed by atoms with Gasteiger partial charge >= 0.3 is 37.7 Å². The molecule has 2 N–H and O–H groups in total. The van der Waals surface area contributed by atoms with Crippen molar-refractivity contribution >= 4 is 11.9 Å². The topological polar surface area (TPSA) is 106 Å². The van der Waals surface area contributed by atoms with E-state index in [1.54, 1.807) is 0 Å². The molecule has 11 heavy (non-hydrogen) atoms. The summed E-state index contributed by atoms with van der Waals surface area (Å²) in [5.41, 5.74) is 4.73. The van der Waals surface area contributed by atoms with E-state index in [1.807, 2.05) is 0 Å². The number of nitrogens with two attached hydrogens (primary N) is 1. The van der Waals surface area contributed by atoms with Crippen LogP contribution in [0.1, 0.15) is 6.42 Å². The van der Waals surface area contributed by atoms with Crippen molar-refractivity contribution in [2.45, 2.75) is 12.5 Å². The SMILES string of the molecule is NC(CC(=O)[O-])C(=O)[O-].[Li+].[Li+]. The summed E-state index contributed by atoms with van der Waals surface area (Å²) in [6.07, 6.45) is -0.706. The van der Waals surface area contributed by atoms with Crippen LogP contribution < -0.4 is 53.7 Å². The second-order valence-corrected chi connectivity index (χ2v) is 1.50. The molecule has 7 heteroatoms. The first-order chi connectivity index (χ1) is 4.04. The van der Waals surface area contributed by atoms with E-state index in [4.69, 9.17) is 5.73 Å². The molecule has 0 saturated carbocycles. The molecule has 0 aliphatic carbocycles. The predicted molar refractivity (Wildman–Crippen MR) is 22.6 cm³/mol. The molecular formula is C4H5Li2NO4. The van der Waals surface area contributed by atoms with Gasteiger partial charge in [-0.1, -0.05) is 0 Å². The smallest absolute Gasteiger partial charge is 0.550 e. The van der Waals surface area contributed by atoms with Gasteiger partial charge in [-0.2, -0.15) is 0 Å². The first-order valence-electron chi connectivity index (χ1n) is 2.20. The summed E-state index contributed by atoms with van der Waals surface area (Å²) in [5.74, 6) is -3.08. The summed E-state index contributed by atoms with van der Waals surface area (Å²) in [4.78, 5) is 19.3. The fraction of sp³-hybridized carbons (Fsp3) is 0.500. The molecule has 0 rings (SSSR count). The summed E-state index contributed by atoms with van der Waals surface area (Å²) < 4.78 is 0. The number of carboxylic acids is 2. The van der Waals surface area contributed by atoms with E-state index in [1.165, 1.54) is 0 Å². The number of hydrogen-bond acceptors (Lipinski definition) is 5. The molecule has 0 aromatic heterocycles. The third kappa shape index (κ3) is 10.1. The Balaban J connectivity index is -0.000000320. The van der Waals surface area contributed by atoms with Gasteiger partial charge in [-0.25, -0.2) is 0 Å². The largest absolute Gasteiger partial charge is 1.00 e. The monoisotopic (exact) mass is 145 g/mol. The molecule has 0 radical (unpaired) electrons. The zero-order valence-corrected chi connectivity index (χ0v) is 6.49. The quantitative estimate of drug-likeness (QED) is 0.397. The number of carboxylic acid groups (broad SMARTS) is 2. The summed E-state index contributed by atoms with van der Waals surface area (Å²) in [7, 11) is 0. The van der Waals surface area contributed by atoms with E-state index >= 15 is 0 Å². The molecule has 0 spiro atoms. The maximum absolute atomic E-state index is 9.71. The maximum Gasteiger partial charge on any atom is 1.00 e. The van der Waals surface area contributed by atoms with Crippen LogP contribution in [-0.4, -0.2) is 18.0 Å². The minimum absolute atomic E-state index is 0. The van der Waals surface area contributed by atoms with E-state index in [-0.39, 0.29) is 37.7 Å². The minimum atomic E-state index is -1.58. The van der Waals surface area contributed by atoms with Gasteiger partial charge in [0.05, 0.1) is 5.97 Å². The van der Waals surface area contributed by atoms with Crippen LogP contribution in [0.5, 0.6) is 0 Å². The van der Waals surface area contributed by atoms with Gasteiger partial charge in [0.25, 0.3) is 0 Å². The summed E-state index contributed by atoms with van der Waals surface area (Å²) in [5, 5.41) is 19.3. The van der Waals surface area contributed by atoms with E-state index < -0.39 is 24.4 Å². The predicted octanol–water partition coefficient (Wildman–Crippen LogP) is -9.79. The van der Waals surface area contributed by atoms with Crippen molar-refractivity contribution < 1.29 is 57.5 Å². The number of hydrogen-bond donors (Lipinski definition) is 1. The molecule has 52 valence electrons. The van der Waals surface area contributed by atoms with Gasteiger partial charge in [0.2, 0.25) is 0 Å². The van der Waals surface area contributed by atoms with Crippen molar-refractivity contribution in [2.24, 2.45) is 5.73 Å². The van der Waals surface area contributed by atoms with Crippen molar-refractivity contribution in [1.29, 1.82) is 0 Å². The fourth-order valence-electron chi connectivity index (χ4n) is 0.263. The Morgan fingerprint density at radius 2 is 1.64 bits per heavy atom. The van der Waals surface area contributed by atoms with Crippen LogP contribution in [0.25, 0.3) is 0 Å². The Hall–Kier alpha value is 0.0948. The van der Waals surface area contributed by atoms with E-state index in [2.05, 4.69) is 0 Å². The summed E-state index contributed by atoms with van der Waals surface area (Å²) >= 11 is 0. The molecule has 5 nitrogen and oxygen atoms in total. The summed E-state index contributed by atoms with van der Waals surface area (Å²) in [6.45, 7) is 0. The molecule has 0 aromatic carbocycles.